The van der Waals surface area contributed by atoms with E-state index in [4.69, 9.17) is 0 Å². The van der Waals surface area contributed by atoms with Gasteiger partial charge in [-0.15, -0.1) is 0 Å². The SMILES string of the molecule is Cc1ccc(C(=O)N2CCCN(Cc3cnn(C)c3)CC2)c(=O)n1C. The highest BCUT2D eigenvalue weighted by atomic mass is 16.2. The Morgan fingerprint density at radius 1 is 1.16 bits per heavy atom. The van der Waals surface area contributed by atoms with Gasteiger partial charge in [-0.05, 0) is 25.5 Å². The topological polar surface area (TPSA) is 63.4 Å². The van der Waals surface area contributed by atoms with Gasteiger partial charge in [0.2, 0.25) is 0 Å². The molecule has 1 fully saturated rings. The second-order valence-electron chi connectivity index (χ2n) is 6.70. The maximum absolute atomic E-state index is 12.8. The van der Waals surface area contributed by atoms with Gasteiger partial charge in [0.25, 0.3) is 11.5 Å². The molecule has 2 aromatic heterocycles. The van der Waals surface area contributed by atoms with E-state index in [1.165, 1.54) is 10.1 Å². The molecule has 1 aliphatic rings. The second-order valence-corrected chi connectivity index (χ2v) is 6.70. The van der Waals surface area contributed by atoms with Gasteiger partial charge in [0.15, 0.2) is 0 Å². The van der Waals surface area contributed by atoms with E-state index in [1.807, 2.05) is 32.4 Å². The van der Waals surface area contributed by atoms with Crippen molar-refractivity contribution in [3.63, 3.8) is 0 Å². The van der Waals surface area contributed by atoms with Crippen LogP contribution >= 0.6 is 0 Å². The zero-order valence-corrected chi connectivity index (χ0v) is 15.1. The number of carbonyl (C=O) groups excluding carboxylic acids is 1. The van der Waals surface area contributed by atoms with Gasteiger partial charge in [-0.1, -0.05) is 0 Å². The van der Waals surface area contributed by atoms with Crippen LogP contribution in [-0.2, 0) is 20.6 Å². The van der Waals surface area contributed by atoms with Gasteiger partial charge in [0.05, 0.1) is 6.20 Å². The molecule has 0 N–H and O–H groups in total. The van der Waals surface area contributed by atoms with E-state index in [0.717, 1.165) is 31.7 Å². The summed E-state index contributed by atoms with van der Waals surface area (Å²) in [6.07, 6.45) is 4.80. The summed E-state index contributed by atoms with van der Waals surface area (Å²) in [4.78, 5) is 29.3. The van der Waals surface area contributed by atoms with Crippen molar-refractivity contribution >= 4 is 5.91 Å². The van der Waals surface area contributed by atoms with Crippen molar-refractivity contribution in [1.82, 2.24) is 24.1 Å². The molecular weight excluding hydrogens is 318 g/mol. The molecule has 0 radical (unpaired) electrons. The first-order valence-electron chi connectivity index (χ1n) is 8.61. The van der Waals surface area contributed by atoms with E-state index in [1.54, 1.807) is 22.7 Å². The van der Waals surface area contributed by atoms with Crippen LogP contribution in [0.5, 0.6) is 0 Å². The Hall–Kier alpha value is -2.41. The number of rotatable bonds is 3. The minimum absolute atomic E-state index is 0.163. The van der Waals surface area contributed by atoms with Crippen molar-refractivity contribution in [3.05, 3.63) is 51.7 Å². The van der Waals surface area contributed by atoms with Crippen molar-refractivity contribution < 1.29 is 4.79 Å². The number of amides is 1. The Morgan fingerprint density at radius 3 is 2.68 bits per heavy atom. The van der Waals surface area contributed by atoms with Gasteiger partial charge in [-0.2, -0.15) is 5.10 Å². The van der Waals surface area contributed by atoms with Crippen molar-refractivity contribution in [1.29, 1.82) is 0 Å². The van der Waals surface area contributed by atoms with E-state index in [9.17, 15) is 9.59 Å². The number of carbonyl (C=O) groups is 1. The second kappa shape index (κ2) is 7.23. The van der Waals surface area contributed by atoms with Gasteiger partial charge < -0.3 is 9.47 Å². The predicted octanol–water partition coefficient (Wildman–Crippen LogP) is 0.775. The Morgan fingerprint density at radius 2 is 1.96 bits per heavy atom. The van der Waals surface area contributed by atoms with Gasteiger partial charge in [-0.3, -0.25) is 19.2 Å². The van der Waals surface area contributed by atoms with Crippen LogP contribution in [0.3, 0.4) is 0 Å². The lowest BCUT2D eigenvalue weighted by atomic mass is 10.2. The fraction of sp³-hybridized carbons (Fsp3) is 0.500. The van der Waals surface area contributed by atoms with Crippen LogP contribution < -0.4 is 5.56 Å². The van der Waals surface area contributed by atoms with E-state index in [2.05, 4.69) is 10.00 Å². The van der Waals surface area contributed by atoms with Crippen LogP contribution in [0.4, 0.5) is 0 Å². The van der Waals surface area contributed by atoms with Crippen LogP contribution in [0.15, 0.2) is 29.3 Å². The number of aromatic nitrogens is 3. The standard InChI is InChI=1S/C18H25N5O2/c1-14-5-6-16(17(24)21(14)3)18(25)23-8-4-7-22(9-10-23)13-15-11-19-20(2)12-15/h5-6,11-12H,4,7-10,13H2,1-3H3. The molecule has 0 saturated carbocycles. The Kier molecular flexibility index (Phi) is 5.03. The summed E-state index contributed by atoms with van der Waals surface area (Å²) >= 11 is 0. The molecule has 0 aromatic carbocycles. The summed E-state index contributed by atoms with van der Waals surface area (Å²) < 4.78 is 3.33. The molecule has 0 aliphatic carbocycles. The molecule has 0 atom stereocenters. The summed E-state index contributed by atoms with van der Waals surface area (Å²) in [6, 6.07) is 3.47. The average Bonchev–Trinajstić information content (AvgIpc) is 2.85. The molecule has 134 valence electrons. The summed E-state index contributed by atoms with van der Waals surface area (Å²) in [5.74, 6) is -0.163. The van der Waals surface area contributed by atoms with E-state index < -0.39 is 0 Å². The number of hydrogen-bond donors (Lipinski definition) is 0. The minimum atomic E-state index is -0.221. The fourth-order valence-electron chi connectivity index (χ4n) is 3.20. The van der Waals surface area contributed by atoms with Gasteiger partial charge in [-0.25, -0.2) is 0 Å². The Bertz CT molecular complexity index is 823. The fourth-order valence-corrected chi connectivity index (χ4v) is 3.20. The molecule has 3 rings (SSSR count). The highest BCUT2D eigenvalue weighted by Crippen LogP contribution is 2.11. The van der Waals surface area contributed by atoms with Crippen LogP contribution in [0.2, 0.25) is 0 Å². The third kappa shape index (κ3) is 3.82. The molecule has 0 unspecified atom stereocenters. The summed E-state index contributed by atoms with van der Waals surface area (Å²) in [6.45, 7) is 5.74. The van der Waals surface area contributed by atoms with Gasteiger partial charge >= 0.3 is 0 Å². The zero-order chi connectivity index (χ0) is 18.0. The first kappa shape index (κ1) is 17.4. The van der Waals surface area contributed by atoms with Crippen LogP contribution in [0.1, 0.15) is 28.0 Å². The molecule has 7 nitrogen and oxygen atoms in total. The van der Waals surface area contributed by atoms with Crippen molar-refractivity contribution in [2.75, 3.05) is 26.2 Å². The van der Waals surface area contributed by atoms with Crippen LogP contribution in [-0.4, -0.2) is 56.2 Å². The van der Waals surface area contributed by atoms with Gasteiger partial charge in [0.1, 0.15) is 5.56 Å². The number of aryl methyl sites for hydroxylation is 2. The molecular formula is C18H25N5O2. The minimum Gasteiger partial charge on any atom is -0.337 e. The summed E-state index contributed by atoms with van der Waals surface area (Å²) in [5.41, 5.74) is 2.06. The average molecular weight is 343 g/mol. The molecule has 0 spiro atoms. The number of pyridine rings is 1. The number of nitrogens with zero attached hydrogens (tertiary/aromatic N) is 5. The molecule has 1 aliphatic heterocycles. The lowest BCUT2D eigenvalue weighted by Crippen LogP contribution is -2.38. The molecule has 3 heterocycles. The maximum Gasteiger partial charge on any atom is 0.263 e. The van der Waals surface area contributed by atoms with E-state index >= 15 is 0 Å². The predicted molar refractivity (Wildman–Crippen MR) is 95.4 cm³/mol. The molecule has 7 heteroatoms. The number of hydrogen-bond acceptors (Lipinski definition) is 4. The normalized spacial score (nSPS) is 16.0. The Balaban J connectivity index is 1.67. The Labute approximate surface area is 147 Å². The van der Waals surface area contributed by atoms with Crippen molar-refractivity contribution in [3.8, 4) is 0 Å². The highest BCUT2D eigenvalue weighted by molar-refractivity contribution is 5.93. The smallest absolute Gasteiger partial charge is 0.263 e. The molecule has 1 amide bonds. The highest BCUT2D eigenvalue weighted by Gasteiger charge is 2.23. The zero-order valence-electron chi connectivity index (χ0n) is 15.1. The molecule has 2 aromatic rings. The first-order valence-corrected chi connectivity index (χ1v) is 8.61. The maximum atomic E-state index is 12.8. The summed E-state index contributed by atoms with van der Waals surface area (Å²) in [5, 5.41) is 4.20. The van der Waals surface area contributed by atoms with E-state index in [-0.39, 0.29) is 17.0 Å². The first-order chi connectivity index (χ1) is 12.0. The van der Waals surface area contributed by atoms with E-state index in [0.29, 0.717) is 13.1 Å². The third-order valence-electron chi connectivity index (χ3n) is 4.83. The lowest BCUT2D eigenvalue weighted by Gasteiger charge is -2.22. The summed E-state index contributed by atoms with van der Waals surface area (Å²) in [7, 11) is 3.61. The third-order valence-corrected chi connectivity index (χ3v) is 4.83. The van der Waals surface area contributed by atoms with Gasteiger partial charge in [0, 0.05) is 64.3 Å². The largest absolute Gasteiger partial charge is 0.337 e. The lowest BCUT2D eigenvalue weighted by molar-refractivity contribution is 0.0758. The van der Waals surface area contributed by atoms with Crippen LogP contribution in [0.25, 0.3) is 0 Å². The molecule has 0 bridgehead atoms. The monoisotopic (exact) mass is 343 g/mol. The molecule has 1 saturated heterocycles. The van der Waals surface area contributed by atoms with Crippen molar-refractivity contribution in [2.45, 2.75) is 19.9 Å². The van der Waals surface area contributed by atoms with Crippen LogP contribution in [0, 0.1) is 6.92 Å². The molecule has 25 heavy (non-hydrogen) atoms. The van der Waals surface area contributed by atoms with Crippen molar-refractivity contribution in [2.24, 2.45) is 14.1 Å². The quantitative estimate of drug-likeness (QED) is 0.826.